The fraction of sp³-hybridized carbons (Fsp3) is 0.333. The molecular weight excluding hydrogens is 230 g/mol. The molecule has 0 saturated heterocycles. The summed E-state index contributed by atoms with van der Waals surface area (Å²) >= 11 is 6.43. The fourth-order valence-corrected chi connectivity index (χ4v) is 2.25. The van der Waals surface area contributed by atoms with Crippen molar-refractivity contribution in [2.45, 2.75) is 33.2 Å². The van der Waals surface area contributed by atoms with E-state index in [0.29, 0.717) is 0 Å². The first kappa shape index (κ1) is 12.3. The third kappa shape index (κ3) is 2.25. The lowest BCUT2D eigenvalue weighted by atomic mass is 10.1. The van der Waals surface area contributed by atoms with E-state index < -0.39 is 0 Å². The van der Waals surface area contributed by atoms with Crippen LogP contribution in [0.4, 0.5) is 0 Å². The van der Waals surface area contributed by atoms with Crippen LogP contribution in [-0.2, 0) is 5.54 Å². The van der Waals surface area contributed by atoms with Gasteiger partial charge in [-0.15, -0.1) is 0 Å². The number of benzene rings is 1. The molecule has 0 bridgehead atoms. The molecule has 90 valence electrons. The van der Waals surface area contributed by atoms with E-state index in [-0.39, 0.29) is 5.54 Å². The van der Waals surface area contributed by atoms with Gasteiger partial charge in [0, 0.05) is 11.7 Å². The predicted octanol–water partition coefficient (Wildman–Crippen LogP) is 4.87. The molecule has 1 nitrogen and oxygen atoms in total. The van der Waals surface area contributed by atoms with Crippen molar-refractivity contribution in [3.63, 3.8) is 0 Å². The smallest absolute Gasteiger partial charge is 0.0693 e. The molecule has 0 aliphatic rings. The van der Waals surface area contributed by atoms with Crippen molar-refractivity contribution >= 4 is 11.6 Å². The summed E-state index contributed by atoms with van der Waals surface area (Å²) in [4.78, 5) is 0. The zero-order valence-electron chi connectivity index (χ0n) is 10.8. The number of rotatable bonds is 1. The minimum Gasteiger partial charge on any atom is -0.341 e. The molecule has 0 saturated carbocycles. The Bertz CT molecular complexity index is 518. The average molecular weight is 248 g/mol. The van der Waals surface area contributed by atoms with Crippen molar-refractivity contribution in [1.82, 2.24) is 4.57 Å². The summed E-state index contributed by atoms with van der Waals surface area (Å²) in [6.07, 6.45) is 2.13. The van der Waals surface area contributed by atoms with E-state index >= 15 is 0 Å². The topological polar surface area (TPSA) is 4.93 Å². The van der Waals surface area contributed by atoms with Crippen molar-refractivity contribution in [2.24, 2.45) is 0 Å². The minimum absolute atomic E-state index is 0.0308. The lowest BCUT2D eigenvalue weighted by Crippen LogP contribution is -2.21. The molecule has 0 unspecified atom stereocenters. The highest BCUT2D eigenvalue weighted by molar-refractivity contribution is 6.34. The van der Waals surface area contributed by atoms with Crippen LogP contribution in [0, 0.1) is 6.92 Å². The van der Waals surface area contributed by atoms with E-state index in [9.17, 15) is 0 Å². The molecule has 1 aromatic heterocycles. The molecule has 0 fully saturated rings. The Morgan fingerprint density at radius 1 is 1.06 bits per heavy atom. The largest absolute Gasteiger partial charge is 0.341 e. The van der Waals surface area contributed by atoms with Crippen LogP contribution in [0.2, 0.25) is 5.02 Å². The fourth-order valence-electron chi connectivity index (χ4n) is 2.00. The van der Waals surface area contributed by atoms with Crippen LogP contribution in [0.1, 0.15) is 26.3 Å². The average Bonchev–Trinajstić information content (AvgIpc) is 2.57. The Morgan fingerprint density at radius 3 is 2.18 bits per heavy atom. The van der Waals surface area contributed by atoms with E-state index in [2.05, 4.69) is 50.6 Å². The van der Waals surface area contributed by atoms with Gasteiger partial charge < -0.3 is 4.57 Å². The van der Waals surface area contributed by atoms with Gasteiger partial charge in [0.25, 0.3) is 0 Å². The predicted molar refractivity (Wildman–Crippen MR) is 74.6 cm³/mol. The molecule has 0 spiro atoms. The number of halogens is 1. The Morgan fingerprint density at radius 2 is 1.65 bits per heavy atom. The highest BCUT2D eigenvalue weighted by Gasteiger charge is 2.21. The quantitative estimate of drug-likeness (QED) is 0.677. The maximum atomic E-state index is 6.43. The SMILES string of the molecule is Cc1cn(C(C)(C)C)c(-c2ccccc2)c1Cl. The van der Waals surface area contributed by atoms with Crippen LogP contribution in [0.3, 0.4) is 0 Å². The monoisotopic (exact) mass is 247 g/mol. The molecule has 1 aromatic carbocycles. The summed E-state index contributed by atoms with van der Waals surface area (Å²) < 4.78 is 2.25. The second kappa shape index (κ2) is 4.23. The van der Waals surface area contributed by atoms with Gasteiger partial charge in [-0.3, -0.25) is 0 Å². The maximum Gasteiger partial charge on any atom is 0.0693 e. The summed E-state index contributed by atoms with van der Waals surface area (Å²) in [7, 11) is 0. The van der Waals surface area contributed by atoms with Crippen molar-refractivity contribution < 1.29 is 0 Å². The molecule has 0 radical (unpaired) electrons. The molecule has 0 atom stereocenters. The van der Waals surface area contributed by atoms with Gasteiger partial charge in [-0.1, -0.05) is 41.9 Å². The highest BCUT2D eigenvalue weighted by atomic mass is 35.5. The standard InChI is InChI=1S/C15H18ClN/c1-11-10-17(15(2,3)4)14(13(11)16)12-8-6-5-7-9-12/h5-10H,1-4H3. The van der Waals surface area contributed by atoms with E-state index in [1.807, 2.05) is 18.2 Å². The second-order valence-electron chi connectivity index (χ2n) is 5.38. The van der Waals surface area contributed by atoms with Gasteiger partial charge in [0.15, 0.2) is 0 Å². The Kier molecular flexibility index (Phi) is 3.05. The van der Waals surface area contributed by atoms with Crippen LogP contribution in [-0.4, -0.2) is 4.57 Å². The molecular formula is C15H18ClN. The summed E-state index contributed by atoms with van der Waals surface area (Å²) in [5.74, 6) is 0. The van der Waals surface area contributed by atoms with E-state index in [4.69, 9.17) is 11.6 Å². The first-order valence-corrected chi connectivity index (χ1v) is 6.22. The van der Waals surface area contributed by atoms with Crippen LogP contribution in [0.25, 0.3) is 11.3 Å². The van der Waals surface area contributed by atoms with E-state index in [0.717, 1.165) is 16.3 Å². The molecule has 0 amide bonds. The highest BCUT2D eigenvalue weighted by Crippen LogP contribution is 2.35. The molecule has 17 heavy (non-hydrogen) atoms. The Balaban J connectivity index is 2.69. The van der Waals surface area contributed by atoms with Gasteiger partial charge in [0.05, 0.1) is 10.7 Å². The van der Waals surface area contributed by atoms with Crippen LogP contribution < -0.4 is 0 Å². The maximum absolute atomic E-state index is 6.43. The summed E-state index contributed by atoms with van der Waals surface area (Å²) in [5.41, 5.74) is 3.43. The normalized spacial score (nSPS) is 11.8. The third-order valence-corrected chi connectivity index (χ3v) is 3.36. The summed E-state index contributed by atoms with van der Waals surface area (Å²) in [6.45, 7) is 8.62. The lowest BCUT2D eigenvalue weighted by Gasteiger charge is -2.24. The summed E-state index contributed by atoms with van der Waals surface area (Å²) in [6, 6.07) is 10.3. The van der Waals surface area contributed by atoms with Gasteiger partial charge in [-0.25, -0.2) is 0 Å². The molecule has 2 aromatic rings. The molecule has 2 rings (SSSR count). The number of aryl methyl sites for hydroxylation is 1. The Labute approximate surface area is 108 Å². The summed E-state index contributed by atoms with van der Waals surface area (Å²) in [5, 5.41) is 0.853. The van der Waals surface area contributed by atoms with E-state index in [1.54, 1.807) is 0 Å². The van der Waals surface area contributed by atoms with Crippen molar-refractivity contribution in [1.29, 1.82) is 0 Å². The number of hydrogen-bond donors (Lipinski definition) is 0. The Hall–Kier alpha value is -1.21. The zero-order valence-corrected chi connectivity index (χ0v) is 11.5. The van der Waals surface area contributed by atoms with Crippen molar-refractivity contribution in [3.05, 3.63) is 47.1 Å². The van der Waals surface area contributed by atoms with Gasteiger partial charge >= 0.3 is 0 Å². The molecule has 2 heteroatoms. The minimum atomic E-state index is 0.0308. The lowest BCUT2D eigenvalue weighted by molar-refractivity contribution is 0.402. The molecule has 0 N–H and O–H groups in total. The van der Waals surface area contributed by atoms with Gasteiger partial charge in [0.2, 0.25) is 0 Å². The molecule has 0 aliphatic carbocycles. The molecule has 0 aliphatic heterocycles. The number of aromatic nitrogens is 1. The van der Waals surface area contributed by atoms with Gasteiger partial charge in [-0.2, -0.15) is 0 Å². The first-order valence-electron chi connectivity index (χ1n) is 5.84. The van der Waals surface area contributed by atoms with Crippen molar-refractivity contribution in [2.75, 3.05) is 0 Å². The zero-order chi connectivity index (χ0) is 12.6. The van der Waals surface area contributed by atoms with Crippen molar-refractivity contribution in [3.8, 4) is 11.3 Å². The van der Waals surface area contributed by atoms with Crippen LogP contribution in [0.5, 0.6) is 0 Å². The van der Waals surface area contributed by atoms with Gasteiger partial charge in [-0.05, 0) is 38.8 Å². The number of nitrogens with zero attached hydrogens (tertiary/aromatic N) is 1. The van der Waals surface area contributed by atoms with Gasteiger partial charge in [0.1, 0.15) is 0 Å². The third-order valence-electron chi connectivity index (χ3n) is 2.89. The van der Waals surface area contributed by atoms with Crippen LogP contribution >= 0.6 is 11.6 Å². The number of hydrogen-bond acceptors (Lipinski definition) is 0. The van der Waals surface area contributed by atoms with E-state index in [1.165, 1.54) is 5.56 Å². The first-order chi connectivity index (χ1) is 7.91. The van der Waals surface area contributed by atoms with Crippen LogP contribution in [0.15, 0.2) is 36.5 Å². The molecule has 1 heterocycles. The second-order valence-corrected chi connectivity index (χ2v) is 5.76.